The minimum absolute atomic E-state index is 0.0272. The molecule has 0 saturated carbocycles. The van der Waals surface area contributed by atoms with Crippen molar-refractivity contribution in [2.24, 2.45) is 10.7 Å². The summed E-state index contributed by atoms with van der Waals surface area (Å²) in [7, 11) is 1.50. The number of alkyl halides is 1. The molecule has 25 heavy (non-hydrogen) atoms. The number of thiazole rings is 1. The lowest BCUT2D eigenvalue weighted by Gasteiger charge is -2.07. The summed E-state index contributed by atoms with van der Waals surface area (Å²) >= 11 is 0.892. The zero-order valence-corrected chi connectivity index (χ0v) is 14.2. The van der Waals surface area contributed by atoms with Gasteiger partial charge < -0.3 is 11.1 Å². The summed E-state index contributed by atoms with van der Waals surface area (Å²) in [5, 5.41) is 3.78. The van der Waals surface area contributed by atoms with Gasteiger partial charge in [0.25, 0.3) is 5.91 Å². The molecule has 0 aliphatic heterocycles. The lowest BCUT2D eigenvalue weighted by Crippen LogP contribution is -2.24. The summed E-state index contributed by atoms with van der Waals surface area (Å²) in [4.78, 5) is 19.7. The van der Waals surface area contributed by atoms with Crippen LogP contribution in [0.5, 0.6) is 0 Å². The topological polar surface area (TPSA) is 80.4 Å². The van der Waals surface area contributed by atoms with Gasteiger partial charge in [0.1, 0.15) is 28.5 Å². The third kappa shape index (κ3) is 4.24. The van der Waals surface area contributed by atoms with Crippen LogP contribution in [-0.2, 0) is 0 Å². The molecule has 1 heterocycles. The van der Waals surface area contributed by atoms with E-state index in [2.05, 4.69) is 15.3 Å². The van der Waals surface area contributed by atoms with Crippen molar-refractivity contribution >= 4 is 23.5 Å². The second-order valence-corrected chi connectivity index (χ2v) is 5.83. The highest BCUT2D eigenvalue weighted by Crippen LogP contribution is 2.32. The van der Waals surface area contributed by atoms with Crippen LogP contribution in [0, 0.1) is 11.6 Å². The van der Waals surface area contributed by atoms with E-state index in [0.717, 1.165) is 29.7 Å². The smallest absolute Gasteiger partial charge is 0.275 e. The molecule has 1 atom stereocenters. The van der Waals surface area contributed by atoms with Crippen LogP contribution in [-0.4, -0.2) is 24.2 Å². The molecule has 0 spiro atoms. The fraction of sp³-hybridized carbons (Fsp3) is 0.188. The predicted octanol–water partition coefficient (Wildman–Crippen LogP) is 3.35. The SMILES string of the molecule is CN=CC(=CN)NC(=O)c1csc(-c2c(F)cc([C@H](C)F)cc2F)n1. The van der Waals surface area contributed by atoms with Crippen LogP contribution < -0.4 is 11.1 Å². The number of hydrogen-bond acceptors (Lipinski definition) is 5. The summed E-state index contributed by atoms with van der Waals surface area (Å²) in [5.74, 6) is -2.49. The van der Waals surface area contributed by atoms with Crippen molar-refractivity contribution in [3.05, 3.63) is 52.3 Å². The predicted molar refractivity (Wildman–Crippen MR) is 91.1 cm³/mol. The number of carbonyl (C=O) groups excluding carboxylic acids is 1. The molecule has 0 radical (unpaired) electrons. The standard InChI is InChI=1S/C16H15F3N4OS/c1-8(17)9-3-11(18)14(12(19)4-9)16-23-13(7-25-16)15(24)22-10(5-20)6-21-2/h3-8H,20H2,1-2H3,(H,22,24)/t8-/m0/s1. The number of nitrogens with zero attached hydrogens (tertiary/aromatic N) is 2. The highest BCUT2D eigenvalue weighted by Gasteiger charge is 2.20. The number of nitrogens with one attached hydrogen (secondary N) is 1. The number of halogens is 3. The Bertz CT molecular complexity index is 823. The largest absolute Gasteiger partial charge is 0.403 e. The molecule has 1 aromatic heterocycles. The normalized spacial score (nSPS) is 13.2. The Labute approximate surface area is 146 Å². The van der Waals surface area contributed by atoms with E-state index < -0.39 is 29.3 Å². The van der Waals surface area contributed by atoms with E-state index in [1.165, 1.54) is 25.6 Å². The number of amides is 1. The molecule has 1 amide bonds. The maximum absolute atomic E-state index is 14.1. The Morgan fingerprint density at radius 1 is 1.40 bits per heavy atom. The van der Waals surface area contributed by atoms with Crippen LogP contribution in [0.25, 0.3) is 10.6 Å². The Morgan fingerprint density at radius 3 is 2.56 bits per heavy atom. The lowest BCUT2D eigenvalue weighted by molar-refractivity contribution is 0.0964. The van der Waals surface area contributed by atoms with Crippen LogP contribution in [0.2, 0.25) is 0 Å². The number of hydrogen-bond donors (Lipinski definition) is 2. The monoisotopic (exact) mass is 368 g/mol. The second kappa shape index (κ2) is 7.93. The average molecular weight is 368 g/mol. The molecule has 0 saturated heterocycles. The third-order valence-electron chi connectivity index (χ3n) is 3.18. The van der Waals surface area contributed by atoms with Crippen LogP contribution in [0.3, 0.4) is 0 Å². The summed E-state index contributed by atoms with van der Waals surface area (Å²) < 4.78 is 41.5. The Kier molecular flexibility index (Phi) is 5.92. The van der Waals surface area contributed by atoms with Gasteiger partial charge in [-0.2, -0.15) is 0 Å². The van der Waals surface area contributed by atoms with Crippen molar-refractivity contribution in [3.8, 4) is 10.6 Å². The molecule has 0 bridgehead atoms. The zero-order chi connectivity index (χ0) is 18.6. The van der Waals surface area contributed by atoms with Crippen LogP contribution in [0.4, 0.5) is 13.2 Å². The molecule has 0 aliphatic rings. The van der Waals surface area contributed by atoms with Crippen molar-refractivity contribution in [3.63, 3.8) is 0 Å². The minimum Gasteiger partial charge on any atom is -0.403 e. The van der Waals surface area contributed by atoms with E-state index in [-0.39, 0.29) is 22.0 Å². The molecular formula is C16H15F3N4OS. The lowest BCUT2D eigenvalue weighted by atomic mass is 10.1. The molecule has 132 valence electrons. The van der Waals surface area contributed by atoms with Gasteiger partial charge in [0.15, 0.2) is 0 Å². The molecular weight excluding hydrogens is 353 g/mol. The van der Waals surface area contributed by atoms with E-state index in [1.54, 1.807) is 0 Å². The van der Waals surface area contributed by atoms with E-state index in [0.29, 0.717) is 0 Å². The number of allylic oxidation sites excluding steroid dienone is 1. The number of benzene rings is 1. The Hall–Kier alpha value is -2.68. The van der Waals surface area contributed by atoms with Gasteiger partial charge in [-0.3, -0.25) is 9.79 Å². The fourth-order valence-corrected chi connectivity index (χ4v) is 2.82. The maximum atomic E-state index is 14.1. The van der Waals surface area contributed by atoms with Gasteiger partial charge in [0.05, 0.1) is 11.3 Å². The first-order chi connectivity index (χ1) is 11.9. The molecule has 0 unspecified atom stereocenters. The highest BCUT2D eigenvalue weighted by atomic mass is 32.1. The van der Waals surface area contributed by atoms with Gasteiger partial charge in [-0.1, -0.05) is 0 Å². The second-order valence-electron chi connectivity index (χ2n) is 4.98. The van der Waals surface area contributed by atoms with Gasteiger partial charge in [-0.15, -0.1) is 11.3 Å². The molecule has 1 aromatic carbocycles. The van der Waals surface area contributed by atoms with Crippen LogP contribution in [0.15, 0.2) is 34.4 Å². The average Bonchev–Trinajstić information content (AvgIpc) is 3.03. The molecule has 3 N–H and O–H groups in total. The van der Waals surface area contributed by atoms with Gasteiger partial charge >= 0.3 is 0 Å². The fourth-order valence-electron chi connectivity index (χ4n) is 1.97. The summed E-state index contributed by atoms with van der Waals surface area (Å²) in [5.41, 5.74) is 5.05. The van der Waals surface area contributed by atoms with Crippen molar-refractivity contribution in [2.45, 2.75) is 13.1 Å². The van der Waals surface area contributed by atoms with Gasteiger partial charge in [-0.05, 0) is 24.6 Å². The zero-order valence-electron chi connectivity index (χ0n) is 13.4. The first-order valence-electron chi connectivity index (χ1n) is 7.11. The molecule has 0 fully saturated rings. The Morgan fingerprint density at radius 2 is 2.04 bits per heavy atom. The molecule has 2 rings (SSSR count). The van der Waals surface area contributed by atoms with Crippen molar-refractivity contribution in [2.75, 3.05) is 7.05 Å². The highest BCUT2D eigenvalue weighted by molar-refractivity contribution is 7.13. The number of aliphatic imine (C=N–C) groups is 1. The quantitative estimate of drug-likeness (QED) is 0.794. The van der Waals surface area contributed by atoms with E-state index in [1.807, 2.05) is 0 Å². The van der Waals surface area contributed by atoms with E-state index >= 15 is 0 Å². The van der Waals surface area contributed by atoms with E-state index in [4.69, 9.17) is 5.73 Å². The molecule has 2 aromatic rings. The van der Waals surface area contributed by atoms with Crippen molar-refractivity contribution < 1.29 is 18.0 Å². The minimum atomic E-state index is -1.50. The van der Waals surface area contributed by atoms with E-state index in [9.17, 15) is 18.0 Å². The Balaban J connectivity index is 2.31. The summed E-state index contributed by atoms with van der Waals surface area (Å²) in [6.07, 6.45) is 0.979. The number of rotatable bonds is 5. The van der Waals surface area contributed by atoms with Crippen molar-refractivity contribution in [1.29, 1.82) is 0 Å². The third-order valence-corrected chi connectivity index (χ3v) is 4.04. The maximum Gasteiger partial charge on any atom is 0.275 e. The first-order valence-corrected chi connectivity index (χ1v) is 7.99. The molecule has 5 nitrogen and oxygen atoms in total. The number of carbonyl (C=O) groups is 1. The summed E-state index contributed by atoms with van der Waals surface area (Å²) in [6.45, 7) is 1.18. The van der Waals surface area contributed by atoms with Gasteiger partial charge in [-0.25, -0.2) is 18.2 Å². The van der Waals surface area contributed by atoms with Gasteiger partial charge in [0.2, 0.25) is 0 Å². The van der Waals surface area contributed by atoms with Crippen molar-refractivity contribution in [1.82, 2.24) is 10.3 Å². The van der Waals surface area contributed by atoms with Crippen LogP contribution >= 0.6 is 11.3 Å². The number of nitrogens with two attached hydrogens (primary N) is 1. The first kappa shape index (κ1) is 18.7. The molecule has 9 heteroatoms. The molecule has 0 aliphatic carbocycles. The summed E-state index contributed by atoms with van der Waals surface area (Å²) in [6, 6.07) is 1.83. The van der Waals surface area contributed by atoms with Crippen LogP contribution in [0.1, 0.15) is 29.1 Å². The van der Waals surface area contributed by atoms with Gasteiger partial charge in [0, 0.05) is 24.8 Å². The number of aromatic nitrogens is 1.